The molecule has 1 amide bonds. The van der Waals surface area contributed by atoms with E-state index in [2.05, 4.69) is 15.0 Å². The van der Waals surface area contributed by atoms with Gasteiger partial charge in [0.1, 0.15) is 11.5 Å². The summed E-state index contributed by atoms with van der Waals surface area (Å²) in [6, 6.07) is 8.40. The summed E-state index contributed by atoms with van der Waals surface area (Å²) in [6.45, 7) is 1.85. The lowest BCUT2D eigenvalue weighted by molar-refractivity contribution is -0.137. The molecule has 9 heteroatoms. The van der Waals surface area contributed by atoms with Crippen LogP contribution in [-0.2, 0) is 6.18 Å². The first-order valence-electron chi connectivity index (χ1n) is 8.96. The molecule has 0 aliphatic heterocycles. The number of carbonyl (C=O) groups excluding carboxylic acids is 1. The topological polar surface area (TPSA) is 63.4 Å². The number of hydrogen-bond acceptors (Lipinski definition) is 4. The zero-order chi connectivity index (χ0) is 21.5. The van der Waals surface area contributed by atoms with Crippen LogP contribution in [0.3, 0.4) is 0 Å². The van der Waals surface area contributed by atoms with E-state index < -0.39 is 11.7 Å². The Morgan fingerprint density at radius 1 is 1.03 bits per heavy atom. The third-order valence-electron chi connectivity index (χ3n) is 4.73. The second-order valence-electron chi connectivity index (χ2n) is 6.73. The van der Waals surface area contributed by atoms with Crippen LogP contribution in [0.25, 0.3) is 16.9 Å². The summed E-state index contributed by atoms with van der Waals surface area (Å²) in [5, 5.41) is 0. The Labute approximate surface area is 169 Å². The van der Waals surface area contributed by atoms with E-state index in [4.69, 9.17) is 0 Å². The number of fused-ring (bicyclic) bond motifs is 1. The van der Waals surface area contributed by atoms with Crippen molar-refractivity contribution >= 4 is 17.4 Å². The van der Waals surface area contributed by atoms with Crippen molar-refractivity contribution in [2.45, 2.75) is 13.1 Å². The van der Waals surface area contributed by atoms with Crippen molar-refractivity contribution in [1.82, 2.24) is 19.4 Å². The van der Waals surface area contributed by atoms with E-state index in [9.17, 15) is 18.0 Å². The first kappa shape index (κ1) is 19.6. The third-order valence-corrected chi connectivity index (χ3v) is 4.73. The molecule has 0 aliphatic rings. The zero-order valence-electron chi connectivity index (χ0n) is 16.1. The van der Waals surface area contributed by atoms with Gasteiger partial charge < -0.3 is 0 Å². The molecule has 0 aliphatic carbocycles. The number of hydrogen-bond donors (Lipinski definition) is 0. The first-order chi connectivity index (χ1) is 14.3. The van der Waals surface area contributed by atoms with Gasteiger partial charge in [-0.25, -0.2) is 15.0 Å². The number of imidazole rings is 1. The monoisotopic (exact) mass is 411 g/mol. The van der Waals surface area contributed by atoms with E-state index in [0.717, 1.165) is 17.7 Å². The molecule has 1 aromatic carbocycles. The predicted octanol–water partition coefficient (Wildman–Crippen LogP) is 4.40. The molecule has 0 fully saturated rings. The van der Waals surface area contributed by atoms with E-state index in [1.165, 1.54) is 35.6 Å². The number of halogens is 3. The number of aromatic nitrogens is 4. The summed E-state index contributed by atoms with van der Waals surface area (Å²) in [4.78, 5) is 27.0. The van der Waals surface area contributed by atoms with Crippen molar-refractivity contribution < 1.29 is 18.0 Å². The van der Waals surface area contributed by atoms with Crippen LogP contribution in [0.1, 0.15) is 21.6 Å². The second kappa shape index (κ2) is 7.25. The smallest absolute Gasteiger partial charge is 0.296 e. The number of rotatable bonds is 3. The Kier molecular flexibility index (Phi) is 4.73. The Morgan fingerprint density at radius 2 is 1.77 bits per heavy atom. The zero-order valence-corrected chi connectivity index (χ0v) is 16.1. The highest BCUT2D eigenvalue weighted by atomic mass is 19.4. The Morgan fingerprint density at radius 3 is 2.43 bits per heavy atom. The molecule has 30 heavy (non-hydrogen) atoms. The summed E-state index contributed by atoms with van der Waals surface area (Å²) in [5.74, 6) is 0.142. The normalized spacial score (nSPS) is 11.6. The molecule has 0 atom stereocenters. The van der Waals surface area contributed by atoms with E-state index in [1.807, 2.05) is 13.0 Å². The van der Waals surface area contributed by atoms with Crippen molar-refractivity contribution in [3.05, 3.63) is 78.0 Å². The van der Waals surface area contributed by atoms with Gasteiger partial charge in [-0.05, 0) is 30.7 Å². The molecule has 0 saturated carbocycles. The molecule has 4 aromatic rings. The number of alkyl halides is 3. The van der Waals surface area contributed by atoms with E-state index in [0.29, 0.717) is 22.7 Å². The van der Waals surface area contributed by atoms with Gasteiger partial charge in [0.25, 0.3) is 5.91 Å². The number of anilines is 1. The predicted molar refractivity (Wildman–Crippen MR) is 105 cm³/mol. The quantitative estimate of drug-likeness (QED) is 0.502. The Balaban J connectivity index is 1.71. The minimum absolute atomic E-state index is 0.154. The minimum atomic E-state index is -4.41. The van der Waals surface area contributed by atoms with Crippen molar-refractivity contribution in [1.29, 1.82) is 0 Å². The van der Waals surface area contributed by atoms with Gasteiger partial charge in [-0.2, -0.15) is 13.2 Å². The number of amides is 1. The van der Waals surface area contributed by atoms with Crippen LogP contribution >= 0.6 is 0 Å². The standard InChI is InChI=1S/C21H16F3N5O/c1-13-4-3-9-25-19(13)28(2)20(30)16-12-29-17(10-27-18(29)11-26-16)14-5-7-15(8-6-14)21(22,23)24/h3-12H,1-2H3. The highest BCUT2D eigenvalue weighted by Crippen LogP contribution is 2.31. The Hall–Kier alpha value is -3.75. The van der Waals surface area contributed by atoms with Crippen LogP contribution in [0, 0.1) is 6.92 Å². The van der Waals surface area contributed by atoms with Crippen LogP contribution in [-0.4, -0.2) is 32.3 Å². The largest absolute Gasteiger partial charge is 0.416 e. The number of benzene rings is 1. The molecule has 0 radical (unpaired) electrons. The molecule has 4 rings (SSSR count). The fourth-order valence-corrected chi connectivity index (χ4v) is 3.14. The lowest BCUT2D eigenvalue weighted by atomic mass is 10.1. The van der Waals surface area contributed by atoms with E-state index >= 15 is 0 Å². The van der Waals surface area contributed by atoms with Crippen molar-refractivity contribution in [3.63, 3.8) is 0 Å². The second-order valence-corrected chi connectivity index (χ2v) is 6.73. The molecule has 0 spiro atoms. The lowest BCUT2D eigenvalue weighted by Crippen LogP contribution is -2.28. The van der Waals surface area contributed by atoms with E-state index in [-0.39, 0.29) is 11.6 Å². The van der Waals surface area contributed by atoms with Crippen LogP contribution in [0.4, 0.5) is 19.0 Å². The molecule has 6 nitrogen and oxygen atoms in total. The highest BCUT2D eigenvalue weighted by Gasteiger charge is 2.30. The maximum absolute atomic E-state index is 12.9. The maximum atomic E-state index is 12.9. The third kappa shape index (κ3) is 3.49. The van der Waals surface area contributed by atoms with Gasteiger partial charge in [0, 0.05) is 25.0 Å². The number of pyridine rings is 1. The molecular formula is C21H16F3N5O. The fourth-order valence-electron chi connectivity index (χ4n) is 3.14. The van der Waals surface area contributed by atoms with E-state index in [1.54, 1.807) is 23.7 Å². The summed E-state index contributed by atoms with van der Waals surface area (Å²) in [6.07, 6.45) is 1.68. The van der Waals surface area contributed by atoms with Gasteiger partial charge in [0.15, 0.2) is 5.65 Å². The van der Waals surface area contributed by atoms with Gasteiger partial charge in [0.2, 0.25) is 0 Å². The average Bonchev–Trinajstić information content (AvgIpc) is 3.16. The SMILES string of the molecule is Cc1cccnc1N(C)C(=O)c1cn2c(-c3ccc(C(F)(F)F)cc3)cnc2cn1. The molecule has 152 valence electrons. The molecular weight excluding hydrogens is 395 g/mol. The Bertz CT molecular complexity index is 1230. The molecule has 0 N–H and O–H groups in total. The van der Waals surface area contributed by atoms with Crippen molar-refractivity contribution in [2.24, 2.45) is 0 Å². The number of nitrogens with zero attached hydrogens (tertiary/aromatic N) is 5. The van der Waals surface area contributed by atoms with Crippen molar-refractivity contribution in [3.8, 4) is 11.3 Å². The maximum Gasteiger partial charge on any atom is 0.416 e. The van der Waals surface area contributed by atoms with Crippen LogP contribution in [0.5, 0.6) is 0 Å². The van der Waals surface area contributed by atoms with Crippen LogP contribution < -0.4 is 4.90 Å². The van der Waals surface area contributed by atoms with Gasteiger partial charge in [-0.15, -0.1) is 0 Å². The van der Waals surface area contributed by atoms with Gasteiger partial charge >= 0.3 is 6.18 Å². The summed E-state index contributed by atoms with van der Waals surface area (Å²) >= 11 is 0. The van der Waals surface area contributed by atoms with Gasteiger partial charge in [0.05, 0.1) is 23.7 Å². The molecule has 3 aromatic heterocycles. The van der Waals surface area contributed by atoms with Gasteiger partial charge in [-0.1, -0.05) is 18.2 Å². The highest BCUT2D eigenvalue weighted by molar-refractivity contribution is 6.04. The summed E-state index contributed by atoms with van der Waals surface area (Å²) < 4.78 is 40.1. The summed E-state index contributed by atoms with van der Waals surface area (Å²) in [7, 11) is 1.61. The number of aryl methyl sites for hydroxylation is 1. The summed E-state index contributed by atoms with van der Waals surface area (Å²) in [5.41, 5.74) is 1.81. The van der Waals surface area contributed by atoms with Crippen LogP contribution in [0.15, 0.2) is 61.2 Å². The molecule has 0 bridgehead atoms. The number of carbonyl (C=O) groups is 1. The van der Waals surface area contributed by atoms with Crippen LogP contribution in [0.2, 0.25) is 0 Å². The fraction of sp³-hybridized carbons (Fsp3) is 0.143. The average molecular weight is 411 g/mol. The van der Waals surface area contributed by atoms with Crippen molar-refractivity contribution in [2.75, 3.05) is 11.9 Å². The first-order valence-corrected chi connectivity index (χ1v) is 8.96. The minimum Gasteiger partial charge on any atom is -0.296 e. The molecule has 0 unspecified atom stereocenters. The molecule has 3 heterocycles. The lowest BCUT2D eigenvalue weighted by Gasteiger charge is -2.17. The van der Waals surface area contributed by atoms with Gasteiger partial charge in [-0.3, -0.25) is 14.1 Å². The molecule has 0 saturated heterocycles.